The van der Waals surface area contributed by atoms with Crippen molar-refractivity contribution in [1.82, 2.24) is 0 Å². The second kappa shape index (κ2) is 53.5. The summed E-state index contributed by atoms with van der Waals surface area (Å²) in [6.45, 7) is 6.62. The van der Waals surface area contributed by atoms with Gasteiger partial charge in [0.15, 0.2) is 6.10 Å². The van der Waals surface area contributed by atoms with Gasteiger partial charge >= 0.3 is 17.9 Å². The Labute approximate surface area is 398 Å². The molecule has 0 aliphatic heterocycles. The first-order valence-electron chi connectivity index (χ1n) is 28.3. The number of hydrogen-bond donors (Lipinski definition) is 0. The fourth-order valence-electron chi connectivity index (χ4n) is 8.40. The lowest BCUT2D eigenvalue weighted by molar-refractivity contribution is -0.167. The van der Waals surface area contributed by atoms with Crippen LogP contribution in [0.1, 0.15) is 310 Å². The van der Waals surface area contributed by atoms with E-state index in [2.05, 4.69) is 45.1 Å². The summed E-state index contributed by atoms with van der Waals surface area (Å²) in [6, 6.07) is 0. The largest absolute Gasteiger partial charge is 0.462 e. The molecule has 0 saturated heterocycles. The van der Waals surface area contributed by atoms with E-state index in [9.17, 15) is 14.4 Å². The number of carbonyl (C=O) groups excluding carboxylic acids is 3. The van der Waals surface area contributed by atoms with Crippen LogP contribution in [0.5, 0.6) is 0 Å². The zero-order valence-corrected chi connectivity index (χ0v) is 43.1. The van der Waals surface area contributed by atoms with Crippen LogP contribution in [0.25, 0.3) is 0 Å². The molecule has 0 spiro atoms. The summed E-state index contributed by atoms with van der Waals surface area (Å²) >= 11 is 0. The van der Waals surface area contributed by atoms with E-state index in [0.29, 0.717) is 19.3 Å². The number of esters is 3. The fraction of sp³-hybridized carbons (Fsp3) is 0.879. The topological polar surface area (TPSA) is 78.9 Å². The lowest BCUT2D eigenvalue weighted by atomic mass is 10.0. The highest BCUT2D eigenvalue weighted by atomic mass is 16.6. The average Bonchev–Trinajstić information content (AvgIpc) is 3.29. The van der Waals surface area contributed by atoms with E-state index in [1.54, 1.807) is 0 Å². The van der Waals surface area contributed by atoms with Crippen LogP contribution in [0.3, 0.4) is 0 Å². The number of unbranched alkanes of at least 4 members (excludes halogenated alkanes) is 37. The molecule has 0 rings (SSSR count). The molecule has 0 aromatic carbocycles. The summed E-state index contributed by atoms with van der Waals surface area (Å²) in [5, 5.41) is 0. The molecule has 0 aromatic rings. The predicted molar refractivity (Wildman–Crippen MR) is 275 cm³/mol. The molecule has 376 valence electrons. The molecule has 0 radical (unpaired) electrons. The normalized spacial score (nSPS) is 12.1. The summed E-state index contributed by atoms with van der Waals surface area (Å²) in [7, 11) is 0. The summed E-state index contributed by atoms with van der Waals surface area (Å²) < 4.78 is 16.8. The highest BCUT2D eigenvalue weighted by Crippen LogP contribution is 2.17. The van der Waals surface area contributed by atoms with Crippen molar-refractivity contribution in [1.29, 1.82) is 0 Å². The zero-order chi connectivity index (χ0) is 46.5. The van der Waals surface area contributed by atoms with Crippen LogP contribution in [-0.4, -0.2) is 37.2 Å². The molecule has 64 heavy (non-hydrogen) atoms. The predicted octanol–water partition coefficient (Wildman–Crippen LogP) is 18.7. The van der Waals surface area contributed by atoms with E-state index >= 15 is 0 Å². The fourth-order valence-corrected chi connectivity index (χ4v) is 8.40. The highest BCUT2D eigenvalue weighted by Gasteiger charge is 2.19. The second-order valence-corrected chi connectivity index (χ2v) is 19.2. The van der Waals surface area contributed by atoms with Crippen LogP contribution in [0.2, 0.25) is 0 Å². The molecule has 0 amide bonds. The number of hydrogen-bond acceptors (Lipinski definition) is 6. The van der Waals surface area contributed by atoms with Crippen molar-refractivity contribution in [3.63, 3.8) is 0 Å². The molecule has 0 aliphatic rings. The van der Waals surface area contributed by atoms with Gasteiger partial charge in [-0.25, -0.2) is 0 Å². The van der Waals surface area contributed by atoms with Gasteiger partial charge in [0.25, 0.3) is 0 Å². The summed E-state index contributed by atoms with van der Waals surface area (Å²) in [5.41, 5.74) is 0. The molecule has 0 aliphatic carbocycles. The number of allylic oxidation sites excluding steroid dienone is 4. The van der Waals surface area contributed by atoms with Gasteiger partial charge < -0.3 is 14.2 Å². The zero-order valence-electron chi connectivity index (χ0n) is 43.1. The Bertz CT molecular complexity index is 1040. The Balaban J connectivity index is 4.25. The highest BCUT2D eigenvalue weighted by molar-refractivity contribution is 5.71. The van der Waals surface area contributed by atoms with Gasteiger partial charge in [-0.15, -0.1) is 0 Å². The molecular weight excluding hydrogens is 793 g/mol. The van der Waals surface area contributed by atoms with Crippen LogP contribution >= 0.6 is 0 Å². The molecule has 0 saturated carbocycles. The van der Waals surface area contributed by atoms with Crippen molar-refractivity contribution in [3.8, 4) is 0 Å². The van der Waals surface area contributed by atoms with Crippen LogP contribution in [0, 0.1) is 0 Å². The van der Waals surface area contributed by atoms with Crippen LogP contribution in [-0.2, 0) is 28.6 Å². The second-order valence-electron chi connectivity index (χ2n) is 19.2. The van der Waals surface area contributed by atoms with Crippen LogP contribution in [0.4, 0.5) is 0 Å². The van der Waals surface area contributed by atoms with E-state index in [1.807, 2.05) is 0 Å². The third-order valence-electron chi connectivity index (χ3n) is 12.7. The first-order chi connectivity index (χ1) is 31.5. The minimum atomic E-state index is -0.772. The van der Waals surface area contributed by atoms with E-state index in [0.717, 1.165) is 83.5 Å². The molecule has 0 heterocycles. The molecule has 6 nitrogen and oxygen atoms in total. The SMILES string of the molecule is CCCC/C=C\C/C=C\CCCCCCCC(=O)OC(COC(=O)CCCCCCCCCCCCC)COC(=O)CCCCCCCCCCCCCCCCCCCCCCC. The Kier molecular flexibility index (Phi) is 51.7. The molecule has 0 fully saturated rings. The summed E-state index contributed by atoms with van der Waals surface area (Å²) in [4.78, 5) is 38.0. The Morgan fingerprint density at radius 3 is 0.906 bits per heavy atom. The monoisotopic (exact) mass is 901 g/mol. The van der Waals surface area contributed by atoms with Gasteiger partial charge in [0.05, 0.1) is 0 Å². The standard InChI is InChI=1S/C58H108O6/c1-4-7-10-13-16-19-22-24-26-27-28-29-30-31-32-34-36-39-42-45-48-51-57(60)63-54-55(53-62-56(59)50-47-44-41-38-35-21-18-15-12-9-6-3)64-58(61)52-49-46-43-40-37-33-25-23-20-17-14-11-8-5-2/h14,17,23,25,55H,4-13,15-16,18-22,24,26-54H2,1-3H3/b17-14-,25-23-. The van der Waals surface area contributed by atoms with E-state index in [1.165, 1.54) is 186 Å². The van der Waals surface area contributed by atoms with Gasteiger partial charge in [0.1, 0.15) is 13.2 Å². The first kappa shape index (κ1) is 61.9. The van der Waals surface area contributed by atoms with Gasteiger partial charge in [0.2, 0.25) is 0 Å². The van der Waals surface area contributed by atoms with Gasteiger partial charge in [-0.3, -0.25) is 14.4 Å². The third kappa shape index (κ3) is 50.9. The molecule has 0 aromatic heterocycles. The first-order valence-corrected chi connectivity index (χ1v) is 28.3. The lowest BCUT2D eigenvalue weighted by Crippen LogP contribution is -2.30. The molecule has 0 bridgehead atoms. The quantitative estimate of drug-likeness (QED) is 0.0262. The van der Waals surface area contributed by atoms with E-state index in [4.69, 9.17) is 14.2 Å². The van der Waals surface area contributed by atoms with Crippen molar-refractivity contribution in [2.75, 3.05) is 13.2 Å². The van der Waals surface area contributed by atoms with Crippen LogP contribution < -0.4 is 0 Å². The molecule has 6 heteroatoms. The average molecular weight is 901 g/mol. The van der Waals surface area contributed by atoms with Gasteiger partial charge in [-0.1, -0.05) is 270 Å². The number of carbonyl (C=O) groups is 3. The molecular formula is C58H108O6. The minimum absolute atomic E-state index is 0.0718. The van der Waals surface area contributed by atoms with E-state index in [-0.39, 0.29) is 31.1 Å². The Hall–Kier alpha value is -2.11. The van der Waals surface area contributed by atoms with Crippen molar-refractivity contribution < 1.29 is 28.6 Å². The molecule has 1 unspecified atom stereocenters. The van der Waals surface area contributed by atoms with Crippen molar-refractivity contribution in [2.24, 2.45) is 0 Å². The van der Waals surface area contributed by atoms with Gasteiger partial charge in [-0.2, -0.15) is 0 Å². The maximum absolute atomic E-state index is 12.8. The van der Waals surface area contributed by atoms with Gasteiger partial charge in [-0.05, 0) is 44.9 Å². The van der Waals surface area contributed by atoms with Crippen molar-refractivity contribution in [3.05, 3.63) is 24.3 Å². The maximum atomic E-state index is 12.8. The van der Waals surface area contributed by atoms with Crippen molar-refractivity contribution in [2.45, 2.75) is 316 Å². The Morgan fingerprint density at radius 2 is 0.578 bits per heavy atom. The smallest absolute Gasteiger partial charge is 0.306 e. The van der Waals surface area contributed by atoms with Crippen LogP contribution in [0.15, 0.2) is 24.3 Å². The van der Waals surface area contributed by atoms with Gasteiger partial charge in [0, 0.05) is 19.3 Å². The van der Waals surface area contributed by atoms with Crippen molar-refractivity contribution >= 4 is 17.9 Å². The maximum Gasteiger partial charge on any atom is 0.306 e. The Morgan fingerprint density at radius 1 is 0.312 bits per heavy atom. The van der Waals surface area contributed by atoms with E-state index < -0.39 is 6.10 Å². The lowest BCUT2D eigenvalue weighted by Gasteiger charge is -2.18. The number of ether oxygens (including phenoxy) is 3. The number of rotatable bonds is 52. The third-order valence-corrected chi connectivity index (χ3v) is 12.7. The molecule has 1 atom stereocenters. The summed E-state index contributed by atoms with van der Waals surface area (Å²) in [6.07, 6.45) is 61.7. The molecule has 0 N–H and O–H groups in total. The summed E-state index contributed by atoms with van der Waals surface area (Å²) in [5.74, 6) is -0.868. The minimum Gasteiger partial charge on any atom is -0.462 e.